The van der Waals surface area contributed by atoms with E-state index in [1.165, 1.54) is 29.5 Å². The first-order valence-corrected chi connectivity index (χ1v) is 9.24. The zero-order chi connectivity index (χ0) is 18.5. The van der Waals surface area contributed by atoms with Crippen LogP contribution in [0.3, 0.4) is 0 Å². The van der Waals surface area contributed by atoms with Crippen molar-refractivity contribution in [2.24, 2.45) is 0 Å². The molecule has 1 aromatic heterocycles. The molecule has 0 fully saturated rings. The Kier molecular flexibility index (Phi) is 5.68. The lowest BCUT2D eigenvalue weighted by Crippen LogP contribution is -2.15. The van der Waals surface area contributed by atoms with Crippen LogP contribution >= 0.6 is 11.8 Å². The second kappa shape index (κ2) is 8.14. The molecular formula is C19H19FN4OS. The van der Waals surface area contributed by atoms with E-state index in [9.17, 15) is 9.18 Å². The first-order chi connectivity index (χ1) is 12.6. The summed E-state index contributed by atoms with van der Waals surface area (Å²) >= 11 is 1.29. The highest BCUT2D eigenvalue weighted by atomic mass is 32.2. The maximum absolute atomic E-state index is 13.3. The Balaban J connectivity index is 1.70. The van der Waals surface area contributed by atoms with Crippen LogP contribution in [0.15, 0.2) is 53.9 Å². The lowest BCUT2D eigenvalue weighted by molar-refractivity contribution is -0.113. The van der Waals surface area contributed by atoms with Gasteiger partial charge in [0, 0.05) is 5.69 Å². The van der Waals surface area contributed by atoms with Gasteiger partial charge in [-0.05, 0) is 42.7 Å². The Morgan fingerprint density at radius 2 is 2.08 bits per heavy atom. The number of rotatable bonds is 6. The molecular weight excluding hydrogens is 351 g/mol. The summed E-state index contributed by atoms with van der Waals surface area (Å²) in [5, 5.41) is 11.5. The summed E-state index contributed by atoms with van der Waals surface area (Å²) in [5.41, 5.74) is 3.47. The van der Waals surface area contributed by atoms with Gasteiger partial charge in [0.2, 0.25) is 5.91 Å². The van der Waals surface area contributed by atoms with Crippen molar-refractivity contribution in [3.05, 3.63) is 65.7 Å². The molecule has 3 rings (SSSR count). The number of halogens is 1. The molecule has 1 amide bonds. The fraction of sp³-hybridized carbons (Fsp3) is 0.211. The number of amides is 1. The Morgan fingerprint density at radius 3 is 2.88 bits per heavy atom. The van der Waals surface area contributed by atoms with Gasteiger partial charge in [-0.2, -0.15) is 0 Å². The van der Waals surface area contributed by atoms with Gasteiger partial charge in [0.25, 0.3) is 0 Å². The summed E-state index contributed by atoms with van der Waals surface area (Å²) in [4.78, 5) is 12.2. The van der Waals surface area contributed by atoms with Crippen LogP contribution in [0.2, 0.25) is 0 Å². The lowest BCUT2D eigenvalue weighted by Gasteiger charge is -2.11. The molecule has 3 aromatic rings. The van der Waals surface area contributed by atoms with E-state index in [0.29, 0.717) is 10.8 Å². The number of carbonyl (C=O) groups excluding carboxylic acids is 1. The number of hydrogen-bond acceptors (Lipinski definition) is 4. The van der Waals surface area contributed by atoms with E-state index in [0.717, 1.165) is 17.7 Å². The normalized spacial score (nSPS) is 10.7. The molecule has 0 aliphatic rings. The van der Waals surface area contributed by atoms with E-state index >= 15 is 0 Å². The molecule has 0 bridgehead atoms. The van der Waals surface area contributed by atoms with Crippen LogP contribution in [-0.4, -0.2) is 26.4 Å². The molecule has 0 saturated carbocycles. The van der Waals surface area contributed by atoms with Crippen LogP contribution in [-0.2, 0) is 11.2 Å². The number of hydrogen-bond donors (Lipinski definition) is 1. The molecule has 1 N–H and O–H groups in total. The molecule has 0 aliphatic heterocycles. The predicted octanol–water partition coefficient (Wildman–Crippen LogP) is 4.01. The SMILES string of the molecule is CCc1ccccc1-n1cnnc1SCC(=O)Nc1cc(F)ccc1C. The van der Waals surface area contributed by atoms with Crippen molar-refractivity contribution in [3.63, 3.8) is 0 Å². The molecule has 0 unspecified atom stereocenters. The zero-order valence-corrected chi connectivity index (χ0v) is 15.4. The number of carbonyl (C=O) groups is 1. The minimum atomic E-state index is -0.380. The third-order valence-corrected chi connectivity index (χ3v) is 4.90. The number of benzene rings is 2. The molecule has 0 aliphatic carbocycles. The smallest absolute Gasteiger partial charge is 0.234 e. The van der Waals surface area contributed by atoms with Gasteiger partial charge < -0.3 is 5.32 Å². The highest BCUT2D eigenvalue weighted by Gasteiger charge is 2.13. The van der Waals surface area contributed by atoms with Gasteiger partial charge in [0.1, 0.15) is 12.1 Å². The second-order valence-corrected chi connectivity index (χ2v) is 6.70. The van der Waals surface area contributed by atoms with Crippen molar-refractivity contribution >= 4 is 23.4 Å². The van der Waals surface area contributed by atoms with Crippen molar-refractivity contribution in [2.75, 3.05) is 11.1 Å². The fourth-order valence-corrected chi connectivity index (χ4v) is 3.30. The average molecular weight is 370 g/mol. The van der Waals surface area contributed by atoms with E-state index in [2.05, 4.69) is 28.5 Å². The first kappa shape index (κ1) is 18.1. The van der Waals surface area contributed by atoms with E-state index in [-0.39, 0.29) is 17.5 Å². The van der Waals surface area contributed by atoms with Crippen molar-refractivity contribution < 1.29 is 9.18 Å². The predicted molar refractivity (Wildman–Crippen MR) is 101 cm³/mol. The number of para-hydroxylation sites is 1. The highest BCUT2D eigenvalue weighted by Crippen LogP contribution is 2.23. The quantitative estimate of drug-likeness (QED) is 0.666. The minimum absolute atomic E-state index is 0.156. The maximum atomic E-state index is 13.3. The summed E-state index contributed by atoms with van der Waals surface area (Å²) in [6.45, 7) is 3.91. The topological polar surface area (TPSA) is 59.8 Å². The second-order valence-electron chi connectivity index (χ2n) is 5.76. The van der Waals surface area contributed by atoms with Crippen LogP contribution in [0, 0.1) is 12.7 Å². The summed E-state index contributed by atoms with van der Waals surface area (Å²) in [7, 11) is 0. The summed E-state index contributed by atoms with van der Waals surface area (Å²) in [6, 6.07) is 12.3. The number of nitrogens with zero attached hydrogens (tertiary/aromatic N) is 3. The molecule has 26 heavy (non-hydrogen) atoms. The van der Waals surface area contributed by atoms with Gasteiger partial charge in [-0.15, -0.1) is 10.2 Å². The van der Waals surface area contributed by atoms with E-state index < -0.39 is 0 Å². The van der Waals surface area contributed by atoms with E-state index in [4.69, 9.17) is 0 Å². The van der Waals surface area contributed by atoms with Crippen molar-refractivity contribution in [2.45, 2.75) is 25.4 Å². The van der Waals surface area contributed by atoms with E-state index in [1.807, 2.05) is 29.7 Å². The Morgan fingerprint density at radius 1 is 1.27 bits per heavy atom. The van der Waals surface area contributed by atoms with Crippen molar-refractivity contribution in [1.29, 1.82) is 0 Å². The molecule has 0 radical (unpaired) electrons. The monoisotopic (exact) mass is 370 g/mol. The summed E-state index contributed by atoms with van der Waals surface area (Å²) in [5.74, 6) is -0.445. The van der Waals surface area contributed by atoms with Gasteiger partial charge in [0.05, 0.1) is 11.4 Å². The largest absolute Gasteiger partial charge is 0.325 e. The van der Waals surface area contributed by atoms with Gasteiger partial charge in [-0.1, -0.05) is 43.0 Å². The molecule has 0 saturated heterocycles. The number of anilines is 1. The Labute approximate surface area is 155 Å². The maximum Gasteiger partial charge on any atom is 0.234 e. The number of thioether (sulfide) groups is 1. The summed E-state index contributed by atoms with van der Waals surface area (Å²) in [6.07, 6.45) is 2.53. The Hall–Kier alpha value is -2.67. The third kappa shape index (κ3) is 4.11. The van der Waals surface area contributed by atoms with Gasteiger partial charge in [0.15, 0.2) is 5.16 Å². The molecule has 5 nitrogen and oxygen atoms in total. The van der Waals surface area contributed by atoms with Gasteiger partial charge in [-0.25, -0.2) is 4.39 Å². The highest BCUT2D eigenvalue weighted by molar-refractivity contribution is 7.99. The van der Waals surface area contributed by atoms with Crippen LogP contribution in [0.4, 0.5) is 10.1 Å². The number of aromatic nitrogens is 3. The van der Waals surface area contributed by atoms with Crippen molar-refractivity contribution in [3.8, 4) is 5.69 Å². The van der Waals surface area contributed by atoms with Crippen LogP contribution < -0.4 is 5.32 Å². The standard InChI is InChI=1S/C19H19FN4OS/c1-3-14-6-4-5-7-17(14)24-12-21-23-19(24)26-11-18(25)22-16-10-15(20)9-8-13(16)2/h4-10,12H,3,11H2,1-2H3,(H,22,25). The molecule has 1 heterocycles. The molecule has 2 aromatic carbocycles. The average Bonchev–Trinajstić information content (AvgIpc) is 3.11. The van der Waals surface area contributed by atoms with Gasteiger partial charge >= 0.3 is 0 Å². The summed E-state index contributed by atoms with van der Waals surface area (Å²) < 4.78 is 15.2. The molecule has 134 valence electrons. The van der Waals surface area contributed by atoms with Crippen LogP contribution in [0.25, 0.3) is 5.69 Å². The molecule has 7 heteroatoms. The van der Waals surface area contributed by atoms with Gasteiger partial charge in [-0.3, -0.25) is 9.36 Å². The molecule has 0 atom stereocenters. The third-order valence-electron chi connectivity index (χ3n) is 3.95. The Bertz CT molecular complexity index is 925. The van der Waals surface area contributed by atoms with Crippen LogP contribution in [0.5, 0.6) is 0 Å². The van der Waals surface area contributed by atoms with Crippen LogP contribution in [0.1, 0.15) is 18.1 Å². The van der Waals surface area contributed by atoms with E-state index in [1.54, 1.807) is 12.4 Å². The fourth-order valence-electron chi connectivity index (χ4n) is 2.58. The van der Waals surface area contributed by atoms with Crippen molar-refractivity contribution in [1.82, 2.24) is 14.8 Å². The molecule has 0 spiro atoms. The lowest BCUT2D eigenvalue weighted by atomic mass is 10.1. The minimum Gasteiger partial charge on any atom is -0.325 e. The number of aryl methyl sites for hydroxylation is 2. The first-order valence-electron chi connectivity index (χ1n) is 8.25. The number of nitrogens with one attached hydrogen (secondary N) is 1. The zero-order valence-electron chi connectivity index (χ0n) is 14.6.